The van der Waals surface area contributed by atoms with E-state index in [1.165, 1.54) is 18.4 Å². The molecule has 1 aromatic heterocycles. The lowest BCUT2D eigenvalue weighted by molar-refractivity contribution is 0.188. The predicted octanol–water partition coefficient (Wildman–Crippen LogP) is 3.29. The lowest BCUT2D eigenvalue weighted by Gasteiger charge is -2.39. The first kappa shape index (κ1) is 17.1. The van der Waals surface area contributed by atoms with E-state index in [9.17, 15) is 0 Å². The van der Waals surface area contributed by atoms with Crippen molar-refractivity contribution in [2.75, 3.05) is 19.6 Å². The fourth-order valence-corrected chi connectivity index (χ4v) is 4.07. The summed E-state index contributed by atoms with van der Waals surface area (Å²) in [5, 5.41) is 3.74. The van der Waals surface area contributed by atoms with Crippen LogP contribution in [0.25, 0.3) is 0 Å². The van der Waals surface area contributed by atoms with Crippen molar-refractivity contribution in [3.05, 3.63) is 54.6 Å². The van der Waals surface area contributed by atoms with Crippen molar-refractivity contribution >= 4 is 5.96 Å². The number of nitrogens with one attached hydrogen (secondary N) is 1. The normalized spacial score (nSPS) is 28.8. The van der Waals surface area contributed by atoms with Crippen LogP contribution in [0.15, 0.2) is 54.0 Å². The highest BCUT2D eigenvalue weighted by molar-refractivity contribution is 5.81. The molecule has 1 aliphatic heterocycles. The molecule has 2 fully saturated rings. The molecular weight excluding hydrogens is 322 g/mol. The molecule has 5 heteroatoms. The zero-order valence-electron chi connectivity index (χ0n) is 15.8. The van der Waals surface area contributed by atoms with Crippen molar-refractivity contribution in [1.29, 1.82) is 0 Å². The topological polar surface area (TPSA) is 45.5 Å². The van der Waals surface area contributed by atoms with E-state index in [1.807, 2.05) is 12.5 Å². The summed E-state index contributed by atoms with van der Waals surface area (Å²) >= 11 is 0. The maximum absolute atomic E-state index is 4.80. The molecular formula is C21H29N5. The summed E-state index contributed by atoms with van der Waals surface area (Å²) in [5.74, 6) is 2.35. The largest absolute Gasteiger partial charge is 0.353 e. The number of piperidine rings is 1. The Morgan fingerprint density at radius 1 is 1.31 bits per heavy atom. The molecule has 1 aromatic carbocycles. The van der Waals surface area contributed by atoms with Gasteiger partial charge >= 0.3 is 0 Å². The third-order valence-corrected chi connectivity index (χ3v) is 5.77. The molecule has 4 rings (SSSR count). The third kappa shape index (κ3) is 3.62. The van der Waals surface area contributed by atoms with Crippen molar-refractivity contribution in [2.45, 2.75) is 44.7 Å². The average Bonchev–Trinajstić information content (AvgIpc) is 3.22. The molecule has 2 aliphatic rings. The van der Waals surface area contributed by atoms with Gasteiger partial charge in [0.1, 0.15) is 0 Å². The van der Waals surface area contributed by atoms with Crippen molar-refractivity contribution in [3.8, 4) is 0 Å². The summed E-state index contributed by atoms with van der Waals surface area (Å²) in [5.41, 5.74) is 1.43. The molecule has 2 heterocycles. The van der Waals surface area contributed by atoms with Crippen LogP contribution in [0.5, 0.6) is 0 Å². The van der Waals surface area contributed by atoms with Crippen LogP contribution >= 0.6 is 0 Å². The van der Waals surface area contributed by atoms with E-state index in [-0.39, 0.29) is 0 Å². The quantitative estimate of drug-likeness (QED) is 0.679. The van der Waals surface area contributed by atoms with Crippen LogP contribution in [-0.2, 0) is 0 Å². The molecule has 0 bridgehead atoms. The molecule has 0 spiro atoms. The number of guanidine groups is 1. The lowest BCUT2D eigenvalue weighted by Crippen LogP contribution is -2.49. The fraction of sp³-hybridized carbons (Fsp3) is 0.524. The Kier molecular flexibility index (Phi) is 4.96. The van der Waals surface area contributed by atoms with Gasteiger partial charge in [0.25, 0.3) is 0 Å². The first-order valence-corrected chi connectivity index (χ1v) is 9.84. The van der Waals surface area contributed by atoms with E-state index in [0.717, 1.165) is 25.6 Å². The van der Waals surface area contributed by atoms with Gasteiger partial charge in [-0.3, -0.25) is 4.99 Å². The van der Waals surface area contributed by atoms with Crippen LogP contribution in [-0.4, -0.2) is 46.1 Å². The lowest BCUT2D eigenvalue weighted by atomic mass is 9.93. The Morgan fingerprint density at radius 3 is 2.88 bits per heavy atom. The summed E-state index contributed by atoms with van der Waals surface area (Å²) in [7, 11) is 0. The molecule has 5 nitrogen and oxygen atoms in total. The number of aromatic nitrogens is 2. The van der Waals surface area contributed by atoms with Crippen LogP contribution in [0.1, 0.15) is 44.2 Å². The van der Waals surface area contributed by atoms with Crippen molar-refractivity contribution in [3.63, 3.8) is 0 Å². The first-order chi connectivity index (χ1) is 12.8. The smallest absolute Gasteiger partial charge is 0.194 e. The van der Waals surface area contributed by atoms with Crippen LogP contribution in [0, 0.1) is 5.92 Å². The first-order valence-electron chi connectivity index (χ1n) is 9.84. The Bertz CT molecular complexity index is 724. The molecule has 1 N–H and O–H groups in total. The summed E-state index contributed by atoms with van der Waals surface area (Å²) in [6.07, 6.45) is 8.28. The standard InChI is InChI=1S/C21H29N5/c1-3-23-21(24-19-13-18(19)17-7-5-4-6-8-17)25-11-9-16(2)20(14-25)26-12-10-22-15-26/h4-8,10,12,15-16,18-20H,3,9,11,13-14H2,1-2H3,(H,23,24). The zero-order valence-corrected chi connectivity index (χ0v) is 15.8. The predicted molar refractivity (Wildman–Crippen MR) is 105 cm³/mol. The molecule has 0 amide bonds. The van der Waals surface area contributed by atoms with Crippen molar-refractivity contribution in [1.82, 2.24) is 19.8 Å². The highest BCUT2D eigenvalue weighted by atomic mass is 15.3. The molecule has 26 heavy (non-hydrogen) atoms. The maximum Gasteiger partial charge on any atom is 0.194 e. The highest BCUT2D eigenvalue weighted by Gasteiger charge is 2.40. The van der Waals surface area contributed by atoms with Gasteiger partial charge in [-0.1, -0.05) is 37.3 Å². The molecule has 4 unspecified atom stereocenters. The number of nitrogens with zero attached hydrogens (tertiary/aromatic N) is 4. The van der Waals surface area contributed by atoms with Gasteiger partial charge in [0.05, 0.1) is 12.4 Å². The van der Waals surface area contributed by atoms with Gasteiger partial charge in [0.15, 0.2) is 5.96 Å². The minimum atomic E-state index is 0.458. The van der Waals surface area contributed by atoms with E-state index in [0.29, 0.717) is 23.9 Å². The van der Waals surface area contributed by atoms with Crippen molar-refractivity contribution < 1.29 is 0 Å². The number of rotatable bonds is 4. The second-order valence-electron chi connectivity index (χ2n) is 7.59. The average molecular weight is 351 g/mol. The minimum absolute atomic E-state index is 0.458. The summed E-state index contributed by atoms with van der Waals surface area (Å²) in [6, 6.07) is 11.8. The number of benzene rings is 1. The second kappa shape index (κ2) is 7.52. The van der Waals surface area contributed by atoms with E-state index >= 15 is 0 Å². The van der Waals surface area contributed by atoms with E-state index in [4.69, 9.17) is 4.99 Å². The molecule has 1 saturated heterocycles. The molecule has 0 radical (unpaired) electrons. The van der Waals surface area contributed by atoms with Gasteiger partial charge in [0, 0.05) is 44.0 Å². The van der Waals surface area contributed by atoms with Crippen LogP contribution in [0.2, 0.25) is 0 Å². The van der Waals surface area contributed by atoms with Gasteiger partial charge in [0.2, 0.25) is 0 Å². The molecule has 138 valence electrons. The summed E-state index contributed by atoms with van der Waals surface area (Å²) < 4.78 is 2.25. The third-order valence-electron chi connectivity index (χ3n) is 5.77. The van der Waals surface area contributed by atoms with Gasteiger partial charge in [-0.25, -0.2) is 4.98 Å². The number of hydrogen-bond donors (Lipinski definition) is 1. The Morgan fingerprint density at radius 2 is 2.15 bits per heavy atom. The summed E-state index contributed by atoms with van der Waals surface area (Å²) in [6.45, 7) is 7.33. The number of likely N-dealkylation sites (tertiary alicyclic amines) is 1. The molecule has 2 aromatic rings. The minimum Gasteiger partial charge on any atom is -0.353 e. The van der Waals surface area contributed by atoms with Gasteiger partial charge in [-0.05, 0) is 31.2 Å². The summed E-state index contributed by atoms with van der Waals surface area (Å²) in [4.78, 5) is 11.5. The molecule has 4 atom stereocenters. The Balaban J connectivity index is 1.43. The van der Waals surface area contributed by atoms with E-state index < -0.39 is 0 Å². The Hall–Kier alpha value is -2.30. The van der Waals surface area contributed by atoms with Gasteiger partial charge in [-0.15, -0.1) is 0 Å². The number of aliphatic imine (C=N–C) groups is 1. The molecule has 1 aliphatic carbocycles. The fourth-order valence-electron chi connectivity index (χ4n) is 4.07. The van der Waals surface area contributed by atoms with Crippen molar-refractivity contribution in [2.24, 2.45) is 10.9 Å². The van der Waals surface area contributed by atoms with E-state index in [1.54, 1.807) is 0 Å². The number of hydrogen-bond acceptors (Lipinski definition) is 2. The van der Waals surface area contributed by atoms with Crippen LogP contribution < -0.4 is 5.32 Å². The zero-order chi connectivity index (χ0) is 17.9. The monoisotopic (exact) mass is 351 g/mol. The maximum atomic E-state index is 4.80. The molecule has 1 saturated carbocycles. The Labute approximate surface area is 156 Å². The van der Waals surface area contributed by atoms with Gasteiger partial charge in [-0.2, -0.15) is 0 Å². The SMILES string of the molecule is CCN=C(NC1CC1c1ccccc1)N1CCC(C)C(n2ccnc2)C1. The number of imidazole rings is 1. The second-order valence-corrected chi connectivity index (χ2v) is 7.59. The van der Waals surface area contributed by atoms with Gasteiger partial charge < -0.3 is 14.8 Å². The van der Waals surface area contributed by atoms with E-state index in [2.05, 4.69) is 70.1 Å². The highest BCUT2D eigenvalue weighted by Crippen LogP contribution is 2.40. The van der Waals surface area contributed by atoms with Crippen LogP contribution in [0.4, 0.5) is 0 Å². The van der Waals surface area contributed by atoms with Crippen LogP contribution in [0.3, 0.4) is 0 Å².